The summed E-state index contributed by atoms with van der Waals surface area (Å²) in [5.41, 5.74) is 3.19. The molecule has 0 bridgehead atoms. The molecule has 8 nitrogen and oxygen atoms in total. The van der Waals surface area contributed by atoms with Crippen molar-refractivity contribution < 1.29 is 4.92 Å². The van der Waals surface area contributed by atoms with Crippen molar-refractivity contribution in [3.05, 3.63) is 52.3 Å². The van der Waals surface area contributed by atoms with Gasteiger partial charge in [-0.2, -0.15) is 0 Å². The molecule has 0 spiro atoms. The van der Waals surface area contributed by atoms with Gasteiger partial charge in [0.25, 0.3) is 0 Å². The molecule has 0 aliphatic heterocycles. The molecule has 0 aliphatic carbocycles. The van der Waals surface area contributed by atoms with E-state index in [2.05, 4.69) is 20.7 Å². The normalized spacial score (nSPS) is 9.95. The van der Waals surface area contributed by atoms with Crippen molar-refractivity contribution >= 4 is 17.3 Å². The largest absolute Gasteiger partial charge is 0.360 e. The fraction of sp³-hybridized carbons (Fsp3) is 0.0909. The summed E-state index contributed by atoms with van der Waals surface area (Å²) in [6.45, 7) is 0.407. The molecule has 0 fully saturated rings. The Morgan fingerprint density at radius 1 is 1.26 bits per heavy atom. The van der Waals surface area contributed by atoms with Gasteiger partial charge in [0.05, 0.1) is 4.92 Å². The zero-order valence-corrected chi connectivity index (χ0v) is 9.91. The Kier molecular flexibility index (Phi) is 3.84. The molecule has 0 aromatic carbocycles. The van der Waals surface area contributed by atoms with Gasteiger partial charge in [-0.25, -0.2) is 10.8 Å². The Balaban J connectivity index is 2.20. The molecule has 4 N–H and O–H groups in total. The summed E-state index contributed by atoms with van der Waals surface area (Å²) in [5.74, 6) is 5.75. The molecule has 8 heteroatoms. The minimum Gasteiger partial charge on any atom is -0.360 e. The minimum atomic E-state index is -0.498. The summed E-state index contributed by atoms with van der Waals surface area (Å²) >= 11 is 0. The van der Waals surface area contributed by atoms with E-state index in [1.807, 2.05) is 12.1 Å². The predicted octanol–water partition coefficient (Wildman–Crippen LogP) is 1.28. The summed E-state index contributed by atoms with van der Waals surface area (Å²) in [4.78, 5) is 18.3. The topological polar surface area (TPSA) is 119 Å². The van der Waals surface area contributed by atoms with Gasteiger partial charge in [-0.05, 0) is 23.8 Å². The highest BCUT2D eigenvalue weighted by atomic mass is 16.6. The Hall–Kier alpha value is -2.74. The maximum Gasteiger partial charge on any atom is 0.311 e. The van der Waals surface area contributed by atoms with Gasteiger partial charge in [-0.1, -0.05) is 0 Å². The fourth-order valence-corrected chi connectivity index (χ4v) is 1.50. The molecule has 0 unspecified atom stereocenters. The monoisotopic (exact) mass is 260 g/mol. The second-order valence-corrected chi connectivity index (χ2v) is 3.67. The number of hydrogen-bond donors (Lipinski definition) is 3. The number of hydrazine groups is 1. The van der Waals surface area contributed by atoms with E-state index in [1.165, 1.54) is 12.1 Å². The molecule has 0 saturated heterocycles. The quantitative estimate of drug-likeness (QED) is 0.421. The van der Waals surface area contributed by atoms with E-state index in [4.69, 9.17) is 5.84 Å². The Morgan fingerprint density at radius 3 is 2.63 bits per heavy atom. The first-order chi connectivity index (χ1) is 9.20. The fourth-order valence-electron chi connectivity index (χ4n) is 1.50. The van der Waals surface area contributed by atoms with Crippen LogP contribution in [0, 0.1) is 10.1 Å². The summed E-state index contributed by atoms with van der Waals surface area (Å²) in [5, 5.41) is 13.8. The summed E-state index contributed by atoms with van der Waals surface area (Å²) in [6, 6.07) is 6.40. The van der Waals surface area contributed by atoms with E-state index >= 15 is 0 Å². The Labute approximate surface area is 108 Å². The molecule has 98 valence electrons. The molecule has 2 rings (SSSR count). The highest BCUT2D eigenvalue weighted by Crippen LogP contribution is 2.24. The predicted molar refractivity (Wildman–Crippen MR) is 70.3 cm³/mol. The highest BCUT2D eigenvalue weighted by Gasteiger charge is 2.15. The van der Waals surface area contributed by atoms with Gasteiger partial charge in [0, 0.05) is 25.0 Å². The zero-order valence-electron chi connectivity index (χ0n) is 9.91. The van der Waals surface area contributed by atoms with Crippen LogP contribution in [-0.2, 0) is 6.54 Å². The second-order valence-electron chi connectivity index (χ2n) is 3.67. The standard InChI is InChI=1S/C11H12N6O2/c12-16-10-2-1-9(17(18)19)11(15-10)14-7-8-3-5-13-6-4-8/h1-6H,7,12H2,(H2,14,15,16). The molecule has 2 heterocycles. The molecular weight excluding hydrogens is 248 g/mol. The lowest BCUT2D eigenvalue weighted by molar-refractivity contribution is -0.384. The minimum absolute atomic E-state index is 0.104. The summed E-state index contributed by atoms with van der Waals surface area (Å²) < 4.78 is 0. The third-order valence-corrected chi connectivity index (χ3v) is 2.43. The van der Waals surface area contributed by atoms with Gasteiger partial charge in [0.1, 0.15) is 5.82 Å². The van der Waals surface area contributed by atoms with E-state index < -0.39 is 4.92 Å². The molecular formula is C11H12N6O2. The summed E-state index contributed by atoms with van der Waals surface area (Å²) in [7, 11) is 0. The number of nitrogens with one attached hydrogen (secondary N) is 2. The lowest BCUT2D eigenvalue weighted by Crippen LogP contribution is -2.11. The van der Waals surface area contributed by atoms with Crippen LogP contribution in [0.15, 0.2) is 36.7 Å². The van der Waals surface area contributed by atoms with Crippen LogP contribution in [-0.4, -0.2) is 14.9 Å². The first-order valence-corrected chi connectivity index (χ1v) is 5.45. The van der Waals surface area contributed by atoms with Crippen molar-refractivity contribution in [1.82, 2.24) is 9.97 Å². The number of nitrogen functional groups attached to an aromatic ring is 1. The number of pyridine rings is 2. The number of nitrogens with two attached hydrogens (primary N) is 1. The van der Waals surface area contributed by atoms with Crippen LogP contribution >= 0.6 is 0 Å². The molecule has 0 aliphatic rings. The maximum absolute atomic E-state index is 10.9. The van der Waals surface area contributed by atoms with Gasteiger partial charge in [-0.15, -0.1) is 0 Å². The lowest BCUT2D eigenvalue weighted by Gasteiger charge is -2.07. The lowest BCUT2D eigenvalue weighted by atomic mass is 10.2. The van der Waals surface area contributed by atoms with Crippen molar-refractivity contribution in [3.63, 3.8) is 0 Å². The van der Waals surface area contributed by atoms with Crippen molar-refractivity contribution in [2.45, 2.75) is 6.54 Å². The van der Waals surface area contributed by atoms with Gasteiger partial charge in [0.2, 0.25) is 5.82 Å². The molecule has 2 aromatic rings. The van der Waals surface area contributed by atoms with Crippen LogP contribution in [0.25, 0.3) is 0 Å². The van der Waals surface area contributed by atoms with E-state index in [9.17, 15) is 10.1 Å². The van der Waals surface area contributed by atoms with Crippen molar-refractivity contribution in [1.29, 1.82) is 0 Å². The maximum atomic E-state index is 10.9. The van der Waals surface area contributed by atoms with E-state index in [0.717, 1.165) is 5.56 Å². The van der Waals surface area contributed by atoms with Crippen LogP contribution in [0.4, 0.5) is 17.3 Å². The van der Waals surface area contributed by atoms with Gasteiger partial charge < -0.3 is 10.7 Å². The van der Waals surface area contributed by atoms with Gasteiger partial charge in [0.15, 0.2) is 0 Å². The SMILES string of the molecule is NNc1ccc([N+](=O)[O-])c(NCc2ccncc2)n1. The first kappa shape index (κ1) is 12.7. The average Bonchev–Trinajstić information content (AvgIpc) is 2.45. The Morgan fingerprint density at radius 2 is 2.00 bits per heavy atom. The number of anilines is 2. The average molecular weight is 260 g/mol. The number of hydrogen-bond acceptors (Lipinski definition) is 7. The second kappa shape index (κ2) is 5.74. The summed E-state index contributed by atoms with van der Waals surface area (Å²) in [6.07, 6.45) is 3.30. The van der Waals surface area contributed by atoms with Crippen molar-refractivity contribution in [2.24, 2.45) is 5.84 Å². The third kappa shape index (κ3) is 3.13. The number of rotatable bonds is 5. The van der Waals surface area contributed by atoms with Crippen molar-refractivity contribution in [3.8, 4) is 0 Å². The van der Waals surface area contributed by atoms with Crippen LogP contribution in [0.2, 0.25) is 0 Å². The molecule has 19 heavy (non-hydrogen) atoms. The highest BCUT2D eigenvalue weighted by molar-refractivity contribution is 5.60. The number of nitro groups is 1. The van der Waals surface area contributed by atoms with Crippen LogP contribution < -0.4 is 16.6 Å². The zero-order chi connectivity index (χ0) is 13.7. The van der Waals surface area contributed by atoms with E-state index in [1.54, 1.807) is 12.4 Å². The molecule has 0 radical (unpaired) electrons. The number of nitrogens with zero attached hydrogens (tertiary/aromatic N) is 3. The Bertz CT molecular complexity index is 575. The van der Waals surface area contributed by atoms with Crippen LogP contribution in [0.5, 0.6) is 0 Å². The number of aromatic nitrogens is 2. The van der Waals surface area contributed by atoms with Gasteiger partial charge in [-0.3, -0.25) is 15.1 Å². The molecule has 0 atom stereocenters. The third-order valence-electron chi connectivity index (χ3n) is 2.43. The van der Waals surface area contributed by atoms with Gasteiger partial charge >= 0.3 is 5.69 Å². The molecule has 2 aromatic heterocycles. The first-order valence-electron chi connectivity index (χ1n) is 5.45. The smallest absolute Gasteiger partial charge is 0.311 e. The van der Waals surface area contributed by atoms with Crippen LogP contribution in [0.1, 0.15) is 5.56 Å². The van der Waals surface area contributed by atoms with E-state index in [-0.39, 0.29) is 11.5 Å². The van der Waals surface area contributed by atoms with Crippen LogP contribution in [0.3, 0.4) is 0 Å². The van der Waals surface area contributed by atoms with E-state index in [0.29, 0.717) is 12.4 Å². The molecule has 0 saturated carbocycles. The molecule has 0 amide bonds. The van der Waals surface area contributed by atoms with Crippen molar-refractivity contribution in [2.75, 3.05) is 10.7 Å².